The highest BCUT2D eigenvalue weighted by molar-refractivity contribution is 6.42. The standard InChI is InChI=1S/C19H17Cl2N3O4/c1-3-23-12(9-24-16(26)6-10(2)22-24)8-15(25)17(19(27)28)18(23)11-4-5-13(20)14(21)7-11/h4-8,22H,3,9H2,1-2H3,(H,27,28). The van der Waals surface area contributed by atoms with Crippen molar-refractivity contribution in [1.29, 1.82) is 0 Å². The number of pyridine rings is 1. The Balaban J connectivity index is 2.31. The fourth-order valence-corrected chi connectivity index (χ4v) is 3.48. The molecule has 0 atom stereocenters. The normalized spacial score (nSPS) is 11.0. The molecule has 0 amide bonds. The maximum absolute atomic E-state index is 12.6. The third-order valence-electron chi connectivity index (χ3n) is 4.36. The van der Waals surface area contributed by atoms with Crippen LogP contribution in [0.3, 0.4) is 0 Å². The summed E-state index contributed by atoms with van der Waals surface area (Å²) >= 11 is 12.1. The zero-order valence-electron chi connectivity index (χ0n) is 15.1. The molecule has 7 nitrogen and oxygen atoms in total. The van der Waals surface area contributed by atoms with Crippen molar-refractivity contribution in [3.05, 3.63) is 77.9 Å². The van der Waals surface area contributed by atoms with E-state index in [0.717, 1.165) is 0 Å². The number of aromatic carboxylic acids is 1. The molecule has 0 unspecified atom stereocenters. The lowest BCUT2D eigenvalue weighted by Gasteiger charge is -2.20. The van der Waals surface area contributed by atoms with Crippen LogP contribution in [0, 0.1) is 6.92 Å². The van der Waals surface area contributed by atoms with E-state index in [1.807, 2.05) is 6.92 Å². The van der Waals surface area contributed by atoms with Crippen molar-refractivity contribution in [2.45, 2.75) is 26.9 Å². The lowest BCUT2D eigenvalue weighted by atomic mass is 10.0. The van der Waals surface area contributed by atoms with Crippen LogP contribution in [0.4, 0.5) is 0 Å². The first-order chi connectivity index (χ1) is 13.2. The van der Waals surface area contributed by atoms with Crippen molar-refractivity contribution >= 4 is 29.2 Å². The van der Waals surface area contributed by atoms with Gasteiger partial charge in [0.15, 0.2) is 5.43 Å². The Morgan fingerprint density at radius 3 is 2.39 bits per heavy atom. The molecule has 0 bridgehead atoms. The topological polar surface area (TPSA) is 97.1 Å². The maximum Gasteiger partial charge on any atom is 0.341 e. The Bertz CT molecular complexity index is 1190. The number of rotatable bonds is 5. The highest BCUT2D eigenvalue weighted by Crippen LogP contribution is 2.30. The molecule has 146 valence electrons. The van der Waals surface area contributed by atoms with Crippen molar-refractivity contribution in [3.8, 4) is 11.3 Å². The molecule has 28 heavy (non-hydrogen) atoms. The number of hydrogen-bond donors (Lipinski definition) is 2. The third-order valence-corrected chi connectivity index (χ3v) is 5.10. The Labute approximate surface area is 169 Å². The average Bonchev–Trinajstić information content (AvgIpc) is 2.93. The van der Waals surface area contributed by atoms with Gasteiger partial charge >= 0.3 is 5.97 Å². The number of aryl methyl sites for hydroxylation is 1. The van der Waals surface area contributed by atoms with E-state index in [2.05, 4.69) is 5.10 Å². The summed E-state index contributed by atoms with van der Waals surface area (Å²) < 4.78 is 3.04. The lowest BCUT2D eigenvalue weighted by Crippen LogP contribution is -2.26. The molecule has 0 radical (unpaired) electrons. The molecule has 3 rings (SSSR count). The molecule has 0 fully saturated rings. The smallest absolute Gasteiger partial charge is 0.341 e. The van der Waals surface area contributed by atoms with Crippen molar-refractivity contribution in [2.24, 2.45) is 0 Å². The van der Waals surface area contributed by atoms with Gasteiger partial charge in [0.2, 0.25) is 0 Å². The molecule has 0 aliphatic carbocycles. The van der Waals surface area contributed by atoms with Crippen molar-refractivity contribution in [2.75, 3.05) is 0 Å². The number of benzene rings is 1. The van der Waals surface area contributed by atoms with Gasteiger partial charge in [-0.1, -0.05) is 29.3 Å². The highest BCUT2D eigenvalue weighted by Gasteiger charge is 2.22. The number of halogens is 2. The molecule has 0 aliphatic heterocycles. The summed E-state index contributed by atoms with van der Waals surface area (Å²) in [6.45, 7) is 4.03. The number of H-pyrrole nitrogens is 1. The number of carboxylic acid groups (broad SMARTS) is 1. The summed E-state index contributed by atoms with van der Waals surface area (Å²) in [6.07, 6.45) is 0. The summed E-state index contributed by atoms with van der Waals surface area (Å²) in [7, 11) is 0. The first-order valence-corrected chi connectivity index (χ1v) is 9.20. The Kier molecular flexibility index (Phi) is 5.49. The van der Waals surface area contributed by atoms with E-state index in [4.69, 9.17) is 23.2 Å². The molecule has 0 saturated carbocycles. The van der Waals surface area contributed by atoms with Gasteiger partial charge in [0.05, 0.1) is 22.3 Å². The van der Waals surface area contributed by atoms with Crippen LogP contribution in [0.5, 0.6) is 0 Å². The number of hydrogen-bond acceptors (Lipinski definition) is 3. The minimum atomic E-state index is -1.34. The summed E-state index contributed by atoms with van der Waals surface area (Å²) in [5.41, 5.74) is 0.578. The lowest BCUT2D eigenvalue weighted by molar-refractivity contribution is 0.0695. The molecule has 0 spiro atoms. The first-order valence-electron chi connectivity index (χ1n) is 8.44. The summed E-state index contributed by atoms with van der Waals surface area (Å²) in [6, 6.07) is 7.36. The number of carbonyl (C=O) groups is 1. The van der Waals surface area contributed by atoms with E-state index < -0.39 is 11.4 Å². The third kappa shape index (κ3) is 3.63. The van der Waals surface area contributed by atoms with Crippen LogP contribution in [0.2, 0.25) is 10.0 Å². The Morgan fingerprint density at radius 1 is 1.14 bits per heavy atom. The van der Waals surface area contributed by atoms with E-state index >= 15 is 0 Å². The maximum atomic E-state index is 12.6. The van der Waals surface area contributed by atoms with Crippen LogP contribution in [-0.2, 0) is 13.1 Å². The second kappa shape index (κ2) is 7.69. The van der Waals surface area contributed by atoms with Gasteiger partial charge in [0.1, 0.15) is 5.56 Å². The van der Waals surface area contributed by atoms with Gasteiger partial charge in [-0.2, -0.15) is 0 Å². The average molecular weight is 422 g/mol. The van der Waals surface area contributed by atoms with Gasteiger partial charge in [0, 0.05) is 35.6 Å². The Morgan fingerprint density at radius 2 is 1.86 bits per heavy atom. The summed E-state index contributed by atoms with van der Waals surface area (Å²) in [5.74, 6) is -1.34. The van der Waals surface area contributed by atoms with Gasteiger partial charge in [-0.25, -0.2) is 9.48 Å². The molecule has 2 heterocycles. The van der Waals surface area contributed by atoms with Crippen molar-refractivity contribution in [3.63, 3.8) is 0 Å². The number of nitrogens with zero attached hydrogens (tertiary/aromatic N) is 2. The predicted molar refractivity (Wildman–Crippen MR) is 108 cm³/mol. The quantitative estimate of drug-likeness (QED) is 0.659. The molecule has 2 aromatic heterocycles. The monoisotopic (exact) mass is 421 g/mol. The van der Waals surface area contributed by atoms with Crippen LogP contribution in [-0.4, -0.2) is 25.4 Å². The zero-order chi connectivity index (χ0) is 20.6. The van der Waals surface area contributed by atoms with E-state index in [0.29, 0.717) is 28.5 Å². The zero-order valence-corrected chi connectivity index (χ0v) is 16.6. The van der Waals surface area contributed by atoms with Crippen molar-refractivity contribution in [1.82, 2.24) is 14.3 Å². The summed E-state index contributed by atoms with van der Waals surface area (Å²) in [4.78, 5) is 36.5. The number of aromatic nitrogens is 3. The van der Waals surface area contributed by atoms with E-state index in [-0.39, 0.29) is 28.4 Å². The second-order valence-corrected chi connectivity index (χ2v) is 7.08. The van der Waals surface area contributed by atoms with Crippen LogP contribution in [0.1, 0.15) is 28.7 Å². The van der Waals surface area contributed by atoms with Crippen LogP contribution < -0.4 is 11.0 Å². The molecular weight excluding hydrogens is 405 g/mol. The van der Waals surface area contributed by atoms with E-state index in [1.165, 1.54) is 22.9 Å². The molecular formula is C19H17Cl2N3O4. The second-order valence-electron chi connectivity index (χ2n) is 6.27. The first kappa shape index (κ1) is 20.0. The van der Waals surface area contributed by atoms with Gasteiger partial charge in [-0.3, -0.25) is 14.7 Å². The van der Waals surface area contributed by atoms with Crippen LogP contribution in [0.15, 0.2) is 39.9 Å². The fraction of sp³-hybridized carbons (Fsp3) is 0.211. The van der Waals surface area contributed by atoms with Gasteiger partial charge in [0.25, 0.3) is 5.56 Å². The summed E-state index contributed by atoms with van der Waals surface area (Å²) in [5, 5.41) is 13.1. The number of carboxylic acids is 1. The predicted octanol–water partition coefficient (Wildman–Crippen LogP) is 3.39. The van der Waals surface area contributed by atoms with E-state index in [9.17, 15) is 19.5 Å². The number of nitrogens with one attached hydrogen (secondary N) is 1. The van der Waals surface area contributed by atoms with Gasteiger partial charge < -0.3 is 9.67 Å². The van der Waals surface area contributed by atoms with Gasteiger partial charge in [-0.05, 0) is 26.0 Å². The minimum Gasteiger partial charge on any atom is -0.477 e. The molecule has 0 aliphatic rings. The molecule has 9 heteroatoms. The fourth-order valence-electron chi connectivity index (χ4n) is 3.18. The highest BCUT2D eigenvalue weighted by atomic mass is 35.5. The molecule has 1 aromatic carbocycles. The van der Waals surface area contributed by atoms with Crippen molar-refractivity contribution < 1.29 is 9.90 Å². The van der Waals surface area contributed by atoms with E-state index in [1.54, 1.807) is 23.6 Å². The minimum absolute atomic E-state index is 0.0873. The molecule has 2 N–H and O–H groups in total. The number of aromatic amines is 1. The molecule has 3 aromatic rings. The van der Waals surface area contributed by atoms with Crippen LogP contribution in [0.25, 0.3) is 11.3 Å². The van der Waals surface area contributed by atoms with Gasteiger partial charge in [-0.15, -0.1) is 0 Å². The SMILES string of the molecule is CCn1c(Cn2[nH]c(C)cc2=O)cc(=O)c(C(=O)O)c1-c1ccc(Cl)c(Cl)c1. The van der Waals surface area contributed by atoms with Crippen LogP contribution >= 0.6 is 23.2 Å². The molecule has 0 saturated heterocycles. The largest absolute Gasteiger partial charge is 0.477 e. The Hall–Kier alpha value is -2.77.